The van der Waals surface area contributed by atoms with Gasteiger partial charge in [0.05, 0.1) is 0 Å². The summed E-state index contributed by atoms with van der Waals surface area (Å²) < 4.78 is 26.5. The Morgan fingerprint density at radius 3 is 2.71 bits per heavy atom. The molecule has 0 bridgehead atoms. The van der Waals surface area contributed by atoms with Crippen molar-refractivity contribution in [2.45, 2.75) is 45.1 Å². The van der Waals surface area contributed by atoms with Crippen molar-refractivity contribution in [1.29, 1.82) is 0 Å². The van der Waals surface area contributed by atoms with Gasteiger partial charge in [-0.2, -0.15) is 0 Å². The van der Waals surface area contributed by atoms with E-state index in [4.69, 9.17) is 5.73 Å². The van der Waals surface area contributed by atoms with Gasteiger partial charge in [0.1, 0.15) is 0 Å². The van der Waals surface area contributed by atoms with Crippen molar-refractivity contribution in [3.05, 3.63) is 35.4 Å². The minimum absolute atomic E-state index is 0.0134. The van der Waals surface area contributed by atoms with Crippen LogP contribution in [0.3, 0.4) is 0 Å². The average Bonchev–Trinajstić information content (AvgIpc) is 2.70. The molecule has 2 atom stereocenters. The molecule has 1 saturated heterocycles. The molecule has 1 aromatic carbocycles. The molecule has 0 aromatic heterocycles. The van der Waals surface area contributed by atoms with Crippen LogP contribution in [-0.2, 0) is 0 Å². The topological polar surface area (TPSA) is 29.3 Å². The second kappa shape index (κ2) is 7.85. The van der Waals surface area contributed by atoms with E-state index in [1.807, 2.05) is 0 Å². The molecule has 2 unspecified atom stereocenters. The fourth-order valence-corrected chi connectivity index (χ4v) is 3.41. The van der Waals surface area contributed by atoms with Gasteiger partial charge in [0.25, 0.3) is 0 Å². The molecule has 1 aliphatic heterocycles. The molecule has 1 fully saturated rings. The molecular formula is C17H26F2N2. The van der Waals surface area contributed by atoms with Crippen molar-refractivity contribution in [1.82, 2.24) is 4.90 Å². The lowest BCUT2D eigenvalue weighted by Gasteiger charge is -2.30. The Balaban J connectivity index is 2.08. The zero-order valence-electron chi connectivity index (χ0n) is 12.8. The molecular weight excluding hydrogens is 270 g/mol. The minimum Gasteiger partial charge on any atom is -0.329 e. The number of likely N-dealkylation sites (tertiary alicyclic amines) is 1. The van der Waals surface area contributed by atoms with Gasteiger partial charge in [0, 0.05) is 12.6 Å². The van der Waals surface area contributed by atoms with E-state index in [2.05, 4.69) is 11.8 Å². The number of rotatable bonds is 5. The van der Waals surface area contributed by atoms with E-state index in [-0.39, 0.29) is 6.04 Å². The third kappa shape index (κ3) is 4.24. The van der Waals surface area contributed by atoms with Gasteiger partial charge in [-0.05, 0) is 56.0 Å². The van der Waals surface area contributed by atoms with Crippen molar-refractivity contribution < 1.29 is 8.78 Å². The fourth-order valence-electron chi connectivity index (χ4n) is 3.41. The Bertz CT molecular complexity index is 450. The predicted molar refractivity (Wildman–Crippen MR) is 82.0 cm³/mol. The van der Waals surface area contributed by atoms with Gasteiger partial charge in [-0.15, -0.1) is 0 Å². The molecule has 1 aliphatic rings. The zero-order chi connectivity index (χ0) is 15.2. The van der Waals surface area contributed by atoms with Crippen LogP contribution in [0.5, 0.6) is 0 Å². The lowest BCUT2D eigenvalue weighted by atomic mass is 9.96. The summed E-state index contributed by atoms with van der Waals surface area (Å²) in [6.07, 6.45) is 6.11. The van der Waals surface area contributed by atoms with Crippen molar-refractivity contribution in [2.75, 3.05) is 19.6 Å². The lowest BCUT2D eigenvalue weighted by molar-refractivity contribution is 0.206. The van der Waals surface area contributed by atoms with Crippen molar-refractivity contribution in [2.24, 2.45) is 11.7 Å². The Hall–Kier alpha value is -1.00. The van der Waals surface area contributed by atoms with Gasteiger partial charge in [0.2, 0.25) is 0 Å². The van der Waals surface area contributed by atoms with Crippen molar-refractivity contribution in [3.8, 4) is 0 Å². The summed E-state index contributed by atoms with van der Waals surface area (Å²) in [6.45, 7) is 4.64. The summed E-state index contributed by atoms with van der Waals surface area (Å²) in [6, 6.07) is 4.14. The summed E-state index contributed by atoms with van der Waals surface area (Å²) in [5, 5.41) is 0. The van der Waals surface area contributed by atoms with Gasteiger partial charge in [-0.25, -0.2) is 8.78 Å². The number of hydrogen-bond donors (Lipinski definition) is 1. The monoisotopic (exact) mass is 296 g/mol. The first-order valence-corrected chi connectivity index (χ1v) is 8.04. The third-order valence-electron chi connectivity index (χ3n) is 4.57. The van der Waals surface area contributed by atoms with Crippen LogP contribution < -0.4 is 5.73 Å². The normalized spacial score (nSPS) is 22.0. The second-order valence-electron chi connectivity index (χ2n) is 6.05. The van der Waals surface area contributed by atoms with E-state index in [1.54, 1.807) is 6.07 Å². The molecule has 0 spiro atoms. The Morgan fingerprint density at radius 1 is 1.24 bits per heavy atom. The number of nitrogens with zero attached hydrogens (tertiary/aromatic N) is 1. The molecule has 2 nitrogen and oxygen atoms in total. The van der Waals surface area contributed by atoms with Crippen LogP contribution in [0.1, 0.15) is 50.6 Å². The number of halogens is 2. The van der Waals surface area contributed by atoms with E-state index < -0.39 is 11.6 Å². The van der Waals surface area contributed by atoms with Crippen LogP contribution in [0, 0.1) is 17.6 Å². The Labute approximate surface area is 126 Å². The highest BCUT2D eigenvalue weighted by Crippen LogP contribution is 2.28. The summed E-state index contributed by atoms with van der Waals surface area (Å²) in [4.78, 5) is 2.34. The SMILES string of the molecule is CCCC1CCCN(C(CN)c2ccc(F)c(F)c2)CC1. The van der Waals surface area contributed by atoms with Gasteiger partial charge < -0.3 is 5.73 Å². The Kier molecular flexibility index (Phi) is 6.12. The largest absolute Gasteiger partial charge is 0.329 e. The maximum Gasteiger partial charge on any atom is 0.159 e. The van der Waals surface area contributed by atoms with Crippen LogP contribution >= 0.6 is 0 Å². The highest BCUT2D eigenvalue weighted by Gasteiger charge is 2.23. The van der Waals surface area contributed by atoms with Gasteiger partial charge in [0.15, 0.2) is 11.6 Å². The molecule has 1 heterocycles. The van der Waals surface area contributed by atoms with Crippen LogP contribution in [0.4, 0.5) is 8.78 Å². The molecule has 0 amide bonds. The molecule has 118 valence electrons. The quantitative estimate of drug-likeness (QED) is 0.894. The van der Waals surface area contributed by atoms with E-state index >= 15 is 0 Å². The molecule has 21 heavy (non-hydrogen) atoms. The molecule has 0 saturated carbocycles. The van der Waals surface area contributed by atoms with Crippen LogP contribution in [-0.4, -0.2) is 24.5 Å². The molecule has 2 N–H and O–H groups in total. The second-order valence-corrected chi connectivity index (χ2v) is 6.05. The first-order chi connectivity index (χ1) is 10.2. The van der Waals surface area contributed by atoms with Crippen LogP contribution in [0.2, 0.25) is 0 Å². The molecule has 0 radical (unpaired) electrons. The van der Waals surface area contributed by atoms with Crippen LogP contribution in [0.15, 0.2) is 18.2 Å². The fraction of sp³-hybridized carbons (Fsp3) is 0.647. The molecule has 4 heteroatoms. The van der Waals surface area contributed by atoms with Crippen molar-refractivity contribution >= 4 is 0 Å². The first-order valence-electron chi connectivity index (χ1n) is 8.04. The van der Waals surface area contributed by atoms with Gasteiger partial charge in [-0.1, -0.05) is 25.8 Å². The predicted octanol–water partition coefficient (Wildman–Crippen LogP) is 3.87. The lowest BCUT2D eigenvalue weighted by Crippen LogP contribution is -2.34. The summed E-state index contributed by atoms with van der Waals surface area (Å²) in [5.74, 6) is -0.790. The van der Waals surface area contributed by atoms with Gasteiger partial charge in [-0.3, -0.25) is 4.90 Å². The average molecular weight is 296 g/mol. The van der Waals surface area contributed by atoms with Crippen LogP contribution in [0.25, 0.3) is 0 Å². The number of benzene rings is 1. The van der Waals surface area contributed by atoms with E-state index in [0.717, 1.165) is 31.0 Å². The minimum atomic E-state index is -0.798. The van der Waals surface area contributed by atoms with Gasteiger partial charge >= 0.3 is 0 Å². The third-order valence-corrected chi connectivity index (χ3v) is 4.57. The Morgan fingerprint density at radius 2 is 2.05 bits per heavy atom. The van der Waals surface area contributed by atoms with E-state index in [0.29, 0.717) is 6.54 Å². The number of nitrogens with two attached hydrogens (primary N) is 1. The summed E-state index contributed by atoms with van der Waals surface area (Å²) in [5.41, 5.74) is 6.69. The van der Waals surface area contributed by atoms with Crippen molar-refractivity contribution in [3.63, 3.8) is 0 Å². The maximum atomic E-state index is 13.5. The first kappa shape index (κ1) is 16.4. The number of hydrogen-bond acceptors (Lipinski definition) is 2. The maximum absolute atomic E-state index is 13.5. The van der Waals surface area contributed by atoms with E-state index in [1.165, 1.54) is 37.8 Å². The molecule has 1 aromatic rings. The van der Waals surface area contributed by atoms with E-state index in [9.17, 15) is 8.78 Å². The highest BCUT2D eigenvalue weighted by molar-refractivity contribution is 5.22. The zero-order valence-corrected chi connectivity index (χ0v) is 12.8. The highest BCUT2D eigenvalue weighted by atomic mass is 19.2. The molecule has 2 rings (SSSR count). The summed E-state index contributed by atoms with van der Waals surface area (Å²) >= 11 is 0. The smallest absolute Gasteiger partial charge is 0.159 e. The standard InChI is InChI=1S/C17H26F2N2/c1-2-4-13-5-3-9-21(10-8-13)17(12-20)14-6-7-15(18)16(19)11-14/h6-7,11,13,17H,2-5,8-10,12,20H2,1H3. The molecule has 0 aliphatic carbocycles. The summed E-state index contributed by atoms with van der Waals surface area (Å²) in [7, 11) is 0.